The van der Waals surface area contributed by atoms with Crippen LogP contribution in [-0.2, 0) is 14.4 Å². The zero-order chi connectivity index (χ0) is 16.8. The minimum absolute atomic E-state index is 0.0480. The summed E-state index contributed by atoms with van der Waals surface area (Å²) >= 11 is 0. The van der Waals surface area contributed by atoms with E-state index in [9.17, 15) is 14.4 Å². The zero-order valence-corrected chi connectivity index (χ0v) is 14.1. The minimum Gasteiger partial charge on any atom is -0.357 e. The van der Waals surface area contributed by atoms with Gasteiger partial charge < -0.3 is 20.4 Å². The lowest BCUT2D eigenvalue weighted by molar-refractivity contribution is -0.146. The number of hydrogen-bond acceptors (Lipinski definition) is 4. The van der Waals surface area contributed by atoms with E-state index in [-0.39, 0.29) is 29.8 Å². The van der Waals surface area contributed by atoms with Crippen molar-refractivity contribution in [1.82, 2.24) is 20.4 Å². The summed E-state index contributed by atoms with van der Waals surface area (Å²) in [4.78, 5) is 40.6. The van der Waals surface area contributed by atoms with Crippen LogP contribution in [0.2, 0.25) is 0 Å². The quantitative estimate of drug-likeness (QED) is 0.658. The summed E-state index contributed by atoms with van der Waals surface area (Å²) in [5, 5.41) is 5.66. The maximum atomic E-state index is 12.9. The highest BCUT2D eigenvalue weighted by Crippen LogP contribution is 2.25. The standard InChI is InChI=1S/C16H28N4O3/c1-17-9-3-8-14(21)19-10-5-7-13(19)16(23)20-11-4-6-12(20)15(22)18-2/h12-13,17H,3-11H2,1-2H3,(H,18,22). The highest BCUT2D eigenvalue weighted by atomic mass is 16.2. The first-order chi connectivity index (χ1) is 11.1. The molecule has 0 saturated carbocycles. The van der Waals surface area contributed by atoms with Crippen LogP contribution in [0.15, 0.2) is 0 Å². The molecule has 2 N–H and O–H groups in total. The number of hydrogen-bond donors (Lipinski definition) is 2. The monoisotopic (exact) mass is 324 g/mol. The predicted molar refractivity (Wildman–Crippen MR) is 86.7 cm³/mol. The fourth-order valence-corrected chi connectivity index (χ4v) is 3.54. The van der Waals surface area contributed by atoms with Crippen molar-refractivity contribution in [3.8, 4) is 0 Å². The molecule has 0 radical (unpaired) electrons. The van der Waals surface area contributed by atoms with Crippen molar-refractivity contribution in [2.45, 2.75) is 50.6 Å². The number of likely N-dealkylation sites (tertiary alicyclic amines) is 2. The van der Waals surface area contributed by atoms with Crippen molar-refractivity contribution in [3.05, 3.63) is 0 Å². The third-order valence-corrected chi connectivity index (χ3v) is 4.76. The summed E-state index contributed by atoms with van der Waals surface area (Å²) in [6.07, 6.45) is 4.34. The maximum absolute atomic E-state index is 12.9. The number of likely N-dealkylation sites (N-methyl/N-ethyl adjacent to an activating group) is 1. The molecule has 2 saturated heterocycles. The zero-order valence-electron chi connectivity index (χ0n) is 14.1. The van der Waals surface area contributed by atoms with E-state index in [4.69, 9.17) is 0 Å². The van der Waals surface area contributed by atoms with Gasteiger partial charge in [0.15, 0.2) is 0 Å². The first kappa shape index (κ1) is 17.7. The summed E-state index contributed by atoms with van der Waals surface area (Å²) in [5.41, 5.74) is 0. The molecule has 2 aliphatic heterocycles. The van der Waals surface area contributed by atoms with Gasteiger partial charge in [0.05, 0.1) is 0 Å². The molecule has 2 unspecified atom stereocenters. The SMILES string of the molecule is CNCCCC(=O)N1CCCC1C(=O)N1CCCC1C(=O)NC. The maximum Gasteiger partial charge on any atom is 0.246 e. The molecule has 3 amide bonds. The Balaban J connectivity index is 1.99. The molecule has 23 heavy (non-hydrogen) atoms. The second-order valence-electron chi connectivity index (χ2n) is 6.26. The van der Waals surface area contributed by atoms with Crippen LogP contribution in [-0.4, -0.2) is 73.3 Å². The van der Waals surface area contributed by atoms with Crippen LogP contribution < -0.4 is 10.6 Å². The number of amides is 3. The Kier molecular flexibility index (Phi) is 6.38. The van der Waals surface area contributed by atoms with E-state index in [1.54, 1.807) is 16.8 Å². The lowest BCUT2D eigenvalue weighted by atomic mass is 10.1. The summed E-state index contributed by atoms with van der Waals surface area (Å²) in [6, 6.07) is -0.767. The molecule has 130 valence electrons. The van der Waals surface area contributed by atoms with E-state index in [1.165, 1.54) is 0 Å². The van der Waals surface area contributed by atoms with Gasteiger partial charge in [-0.15, -0.1) is 0 Å². The van der Waals surface area contributed by atoms with Crippen molar-refractivity contribution in [3.63, 3.8) is 0 Å². The molecule has 2 rings (SSSR count). The lowest BCUT2D eigenvalue weighted by Gasteiger charge is -2.30. The van der Waals surface area contributed by atoms with E-state index in [0.29, 0.717) is 32.4 Å². The second-order valence-corrected chi connectivity index (χ2v) is 6.26. The van der Waals surface area contributed by atoms with Gasteiger partial charge in [0.25, 0.3) is 0 Å². The van der Waals surface area contributed by atoms with Crippen LogP contribution in [0.1, 0.15) is 38.5 Å². The average Bonchev–Trinajstić information content (AvgIpc) is 3.22. The third kappa shape index (κ3) is 4.02. The molecule has 2 fully saturated rings. The van der Waals surface area contributed by atoms with Crippen LogP contribution in [0.4, 0.5) is 0 Å². The number of nitrogens with one attached hydrogen (secondary N) is 2. The Morgan fingerprint density at radius 1 is 1.00 bits per heavy atom. The van der Waals surface area contributed by atoms with Crippen molar-refractivity contribution in [2.24, 2.45) is 0 Å². The molecule has 0 aliphatic carbocycles. The van der Waals surface area contributed by atoms with E-state index in [2.05, 4.69) is 10.6 Å². The molecule has 0 aromatic carbocycles. The normalized spacial score (nSPS) is 24.1. The Hall–Kier alpha value is -1.63. The Bertz CT molecular complexity index is 455. The summed E-state index contributed by atoms with van der Waals surface area (Å²) < 4.78 is 0. The predicted octanol–water partition coefficient (Wildman–Crippen LogP) is -0.286. The highest BCUT2D eigenvalue weighted by molar-refractivity contribution is 5.92. The van der Waals surface area contributed by atoms with Gasteiger partial charge in [0.2, 0.25) is 17.7 Å². The number of carbonyl (C=O) groups is 3. The van der Waals surface area contributed by atoms with Crippen LogP contribution in [0, 0.1) is 0 Å². The number of carbonyl (C=O) groups excluding carboxylic acids is 3. The van der Waals surface area contributed by atoms with Crippen LogP contribution >= 0.6 is 0 Å². The molecular formula is C16H28N4O3. The Morgan fingerprint density at radius 3 is 2.30 bits per heavy atom. The molecular weight excluding hydrogens is 296 g/mol. The highest BCUT2D eigenvalue weighted by Gasteiger charge is 2.41. The minimum atomic E-state index is -0.387. The molecule has 0 spiro atoms. The first-order valence-electron chi connectivity index (χ1n) is 8.56. The number of rotatable bonds is 6. The van der Waals surface area contributed by atoms with E-state index < -0.39 is 0 Å². The molecule has 0 aromatic heterocycles. The smallest absolute Gasteiger partial charge is 0.246 e. The topological polar surface area (TPSA) is 81.8 Å². The van der Waals surface area contributed by atoms with Crippen molar-refractivity contribution in [2.75, 3.05) is 33.7 Å². The molecule has 2 heterocycles. The van der Waals surface area contributed by atoms with Crippen molar-refractivity contribution < 1.29 is 14.4 Å². The fraction of sp³-hybridized carbons (Fsp3) is 0.812. The van der Waals surface area contributed by atoms with Gasteiger partial charge in [-0.25, -0.2) is 0 Å². The van der Waals surface area contributed by atoms with E-state index in [0.717, 1.165) is 25.8 Å². The van der Waals surface area contributed by atoms with Gasteiger partial charge in [-0.2, -0.15) is 0 Å². The van der Waals surface area contributed by atoms with Gasteiger partial charge >= 0.3 is 0 Å². The summed E-state index contributed by atoms with van der Waals surface area (Å²) in [7, 11) is 3.45. The summed E-state index contributed by atoms with van der Waals surface area (Å²) in [5.74, 6) is -0.122. The molecule has 2 atom stereocenters. The molecule has 0 aromatic rings. The van der Waals surface area contributed by atoms with Crippen LogP contribution in [0.5, 0.6) is 0 Å². The molecule has 2 aliphatic rings. The molecule has 0 bridgehead atoms. The van der Waals surface area contributed by atoms with E-state index >= 15 is 0 Å². The van der Waals surface area contributed by atoms with Gasteiger partial charge in [-0.05, 0) is 45.7 Å². The fourth-order valence-electron chi connectivity index (χ4n) is 3.54. The number of nitrogens with zero attached hydrogens (tertiary/aromatic N) is 2. The second kappa shape index (κ2) is 8.29. The first-order valence-corrected chi connectivity index (χ1v) is 8.56. The largest absolute Gasteiger partial charge is 0.357 e. The summed E-state index contributed by atoms with van der Waals surface area (Å²) in [6.45, 7) is 2.05. The average molecular weight is 324 g/mol. The van der Waals surface area contributed by atoms with Crippen molar-refractivity contribution in [1.29, 1.82) is 0 Å². The van der Waals surface area contributed by atoms with Gasteiger partial charge in [0, 0.05) is 26.6 Å². The van der Waals surface area contributed by atoms with Crippen LogP contribution in [0.25, 0.3) is 0 Å². The van der Waals surface area contributed by atoms with Gasteiger partial charge in [0.1, 0.15) is 12.1 Å². The van der Waals surface area contributed by atoms with Crippen molar-refractivity contribution >= 4 is 17.7 Å². The van der Waals surface area contributed by atoms with Gasteiger partial charge in [-0.3, -0.25) is 14.4 Å². The molecule has 7 nitrogen and oxygen atoms in total. The molecule has 7 heteroatoms. The van der Waals surface area contributed by atoms with Gasteiger partial charge in [-0.1, -0.05) is 0 Å². The Morgan fingerprint density at radius 2 is 1.65 bits per heavy atom. The van der Waals surface area contributed by atoms with E-state index in [1.807, 2.05) is 7.05 Å². The lowest BCUT2D eigenvalue weighted by Crippen LogP contribution is -2.52. The van der Waals surface area contributed by atoms with Crippen LogP contribution in [0.3, 0.4) is 0 Å². The Labute approximate surface area is 137 Å². The third-order valence-electron chi connectivity index (χ3n) is 4.76.